The smallest absolute Gasteiger partial charge is 0.269 e. The molecule has 1 unspecified atom stereocenters. The van der Waals surface area contributed by atoms with Crippen LogP contribution in [0.2, 0.25) is 0 Å². The first-order valence-corrected chi connectivity index (χ1v) is 5.33. The maximum atomic E-state index is 11.7. The summed E-state index contributed by atoms with van der Waals surface area (Å²) in [5, 5.41) is 6.13. The fraction of sp³-hybridized carbons (Fsp3) is 0.600. The van der Waals surface area contributed by atoms with Gasteiger partial charge in [-0.25, -0.2) is 4.98 Å². The zero-order valence-corrected chi connectivity index (χ0v) is 9.27. The van der Waals surface area contributed by atoms with E-state index < -0.39 is 0 Å². The summed E-state index contributed by atoms with van der Waals surface area (Å²) >= 11 is 0. The largest absolute Gasteiger partial charge is 0.378 e. The number of nitrogens with zero attached hydrogens (tertiary/aromatic N) is 2. The van der Waals surface area contributed by atoms with E-state index in [0.29, 0.717) is 18.8 Å². The quantitative estimate of drug-likeness (QED) is 0.701. The number of rotatable bonds is 3. The second-order valence-corrected chi connectivity index (χ2v) is 3.83. The van der Waals surface area contributed by atoms with E-state index in [1.807, 2.05) is 0 Å². The second kappa shape index (κ2) is 5.09. The van der Waals surface area contributed by atoms with E-state index in [4.69, 9.17) is 4.74 Å². The van der Waals surface area contributed by atoms with Crippen LogP contribution >= 0.6 is 0 Å². The van der Waals surface area contributed by atoms with Crippen molar-refractivity contribution in [1.29, 1.82) is 0 Å². The Kier molecular flexibility index (Phi) is 3.53. The molecular weight excluding hydrogens is 208 g/mol. The van der Waals surface area contributed by atoms with Crippen LogP contribution in [0.5, 0.6) is 0 Å². The van der Waals surface area contributed by atoms with Crippen molar-refractivity contribution in [1.82, 2.24) is 20.2 Å². The van der Waals surface area contributed by atoms with E-state index in [0.717, 1.165) is 13.2 Å². The average Bonchev–Trinajstić information content (AvgIpc) is 2.74. The summed E-state index contributed by atoms with van der Waals surface area (Å²) < 4.78 is 6.99. The molecule has 0 spiro atoms. The van der Waals surface area contributed by atoms with Crippen LogP contribution in [-0.4, -0.2) is 47.8 Å². The highest BCUT2D eigenvalue weighted by atomic mass is 16.5. The summed E-state index contributed by atoms with van der Waals surface area (Å²) in [6.07, 6.45) is 3.16. The Morgan fingerprint density at radius 3 is 3.31 bits per heavy atom. The fourth-order valence-electron chi connectivity index (χ4n) is 1.63. The Morgan fingerprint density at radius 1 is 1.81 bits per heavy atom. The van der Waals surface area contributed by atoms with E-state index in [1.165, 1.54) is 0 Å². The van der Waals surface area contributed by atoms with Crippen LogP contribution in [0, 0.1) is 0 Å². The zero-order chi connectivity index (χ0) is 11.4. The first-order valence-electron chi connectivity index (χ1n) is 5.33. The molecule has 2 N–H and O–H groups in total. The molecule has 88 valence electrons. The molecule has 1 amide bonds. The van der Waals surface area contributed by atoms with Gasteiger partial charge in [-0.3, -0.25) is 4.79 Å². The molecule has 0 aromatic carbocycles. The minimum atomic E-state index is -0.104. The van der Waals surface area contributed by atoms with Gasteiger partial charge in [0.15, 0.2) is 0 Å². The lowest BCUT2D eigenvalue weighted by Crippen LogP contribution is -2.48. The number of hydrogen-bond acceptors (Lipinski definition) is 4. The number of imidazole rings is 1. The molecular formula is C10H16N4O2. The normalized spacial score (nSPS) is 20.7. The number of nitrogens with one attached hydrogen (secondary N) is 2. The Bertz CT molecular complexity index is 357. The van der Waals surface area contributed by atoms with Gasteiger partial charge < -0.3 is 19.9 Å². The maximum Gasteiger partial charge on any atom is 0.269 e. The molecule has 1 saturated heterocycles. The highest BCUT2D eigenvalue weighted by Gasteiger charge is 2.15. The van der Waals surface area contributed by atoms with Crippen LogP contribution in [0.3, 0.4) is 0 Å². The highest BCUT2D eigenvalue weighted by molar-refractivity contribution is 5.92. The minimum absolute atomic E-state index is 0.104. The Hall–Kier alpha value is -1.40. The Labute approximate surface area is 94.0 Å². The summed E-state index contributed by atoms with van der Waals surface area (Å²) in [6.45, 7) is 2.80. The highest BCUT2D eigenvalue weighted by Crippen LogP contribution is 1.96. The van der Waals surface area contributed by atoms with Gasteiger partial charge in [0.1, 0.15) is 5.69 Å². The predicted octanol–water partition coefficient (Wildman–Crippen LogP) is -0.862. The van der Waals surface area contributed by atoms with Crippen LogP contribution < -0.4 is 10.6 Å². The number of amides is 1. The van der Waals surface area contributed by atoms with E-state index in [9.17, 15) is 4.79 Å². The number of hydrogen-bond donors (Lipinski definition) is 2. The van der Waals surface area contributed by atoms with Crippen LogP contribution in [0.1, 0.15) is 10.5 Å². The number of carbonyl (C=O) groups is 1. The minimum Gasteiger partial charge on any atom is -0.378 e. The van der Waals surface area contributed by atoms with Gasteiger partial charge in [0.25, 0.3) is 5.91 Å². The van der Waals surface area contributed by atoms with Gasteiger partial charge in [0, 0.05) is 26.2 Å². The number of carbonyl (C=O) groups excluding carboxylic acids is 1. The first kappa shape index (κ1) is 11.1. The van der Waals surface area contributed by atoms with Gasteiger partial charge >= 0.3 is 0 Å². The molecule has 0 aliphatic carbocycles. The molecule has 0 bridgehead atoms. The lowest BCUT2D eigenvalue weighted by Gasteiger charge is -2.23. The second-order valence-electron chi connectivity index (χ2n) is 3.83. The summed E-state index contributed by atoms with van der Waals surface area (Å²) in [5.41, 5.74) is 0.566. The molecule has 0 radical (unpaired) electrons. The maximum absolute atomic E-state index is 11.7. The summed E-state index contributed by atoms with van der Waals surface area (Å²) in [5.74, 6) is -0.104. The summed E-state index contributed by atoms with van der Waals surface area (Å²) in [4.78, 5) is 15.6. The van der Waals surface area contributed by atoms with Crippen molar-refractivity contribution >= 4 is 5.91 Å². The average molecular weight is 224 g/mol. The van der Waals surface area contributed by atoms with Gasteiger partial charge in [-0.1, -0.05) is 0 Å². The van der Waals surface area contributed by atoms with Crippen LogP contribution in [-0.2, 0) is 11.8 Å². The van der Waals surface area contributed by atoms with E-state index in [2.05, 4.69) is 15.6 Å². The predicted molar refractivity (Wildman–Crippen MR) is 58.2 cm³/mol. The molecule has 1 aliphatic rings. The monoisotopic (exact) mass is 224 g/mol. The molecule has 1 aromatic heterocycles. The van der Waals surface area contributed by atoms with E-state index >= 15 is 0 Å². The lowest BCUT2D eigenvalue weighted by atomic mass is 10.2. The van der Waals surface area contributed by atoms with Gasteiger partial charge in [-0.15, -0.1) is 0 Å². The molecule has 2 heterocycles. The molecule has 1 aromatic rings. The van der Waals surface area contributed by atoms with E-state index in [-0.39, 0.29) is 11.9 Å². The number of ether oxygens (including phenoxy) is 1. The van der Waals surface area contributed by atoms with Crippen molar-refractivity contribution < 1.29 is 9.53 Å². The third-order valence-electron chi connectivity index (χ3n) is 2.56. The van der Waals surface area contributed by atoms with Crippen molar-refractivity contribution in [3.63, 3.8) is 0 Å². The lowest BCUT2D eigenvalue weighted by molar-refractivity contribution is 0.0733. The molecule has 2 rings (SSSR count). The standard InChI is InChI=1S/C10H16N4O2/c1-14-7-11-5-9(14)10(15)13-4-8-6-16-3-2-12-8/h5,7-8,12H,2-4,6H2,1H3,(H,13,15). The SMILES string of the molecule is Cn1cncc1C(=O)NCC1COCCN1. The van der Waals surface area contributed by atoms with Gasteiger partial charge in [-0.2, -0.15) is 0 Å². The number of morpholine rings is 1. The fourth-order valence-corrected chi connectivity index (χ4v) is 1.63. The van der Waals surface area contributed by atoms with Gasteiger partial charge in [-0.05, 0) is 0 Å². The Balaban J connectivity index is 1.81. The number of aromatic nitrogens is 2. The van der Waals surface area contributed by atoms with Crippen LogP contribution in [0.15, 0.2) is 12.5 Å². The summed E-state index contributed by atoms with van der Waals surface area (Å²) in [7, 11) is 1.80. The van der Waals surface area contributed by atoms with Gasteiger partial charge in [0.05, 0.1) is 25.7 Å². The Morgan fingerprint density at radius 2 is 2.69 bits per heavy atom. The molecule has 16 heavy (non-hydrogen) atoms. The van der Waals surface area contributed by atoms with E-state index in [1.54, 1.807) is 24.1 Å². The third-order valence-corrected chi connectivity index (χ3v) is 2.56. The van der Waals surface area contributed by atoms with Crippen molar-refractivity contribution in [2.45, 2.75) is 6.04 Å². The van der Waals surface area contributed by atoms with Crippen molar-refractivity contribution in [3.8, 4) is 0 Å². The molecule has 1 atom stereocenters. The van der Waals surface area contributed by atoms with Crippen LogP contribution in [0.4, 0.5) is 0 Å². The molecule has 0 saturated carbocycles. The molecule has 6 heteroatoms. The van der Waals surface area contributed by atoms with Crippen molar-refractivity contribution in [3.05, 3.63) is 18.2 Å². The van der Waals surface area contributed by atoms with Crippen molar-refractivity contribution in [2.24, 2.45) is 7.05 Å². The number of aryl methyl sites for hydroxylation is 1. The molecule has 6 nitrogen and oxygen atoms in total. The first-order chi connectivity index (χ1) is 7.77. The zero-order valence-electron chi connectivity index (χ0n) is 9.27. The van der Waals surface area contributed by atoms with Crippen molar-refractivity contribution in [2.75, 3.05) is 26.3 Å². The topological polar surface area (TPSA) is 68.2 Å². The van der Waals surface area contributed by atoms with Crippen LogP contribution in [0.25, 0.3) is 0 Å². The molecule has 1 fully saturated rings. The molecule has 1 aliphatic heterocycles. The van der Waals surface area contributed by atoms with Gasteiger partial charge in [0.2, 0.25) is 0 Å². The summed E-state index contributed by atoms with van der Waals surface area (Å²) in [6, 6.07) is 0.200. The third kappa shape index (κ3) is 2.59.